The van der Waals surface area contributed by atoms with Crippen LogP contribution in [0.5, 0.6) is 0 Å². The van der Waals surface area contributed by atoms with E-state index in [1.807, 2.05) is 6.07 Å². The number of nitrogens with one attached hydrogen (secondary N) is 2. The summed E-state index contributed by atoms with van der Waals surface area (Å²) < 4.78 is 28.1. The van der Waals surface area contributed by atoms with Crippen LogP contribution in [-0.2, 0) is 21.2 Å². The van der Waals surface area contributed by atoms with Gasteiger partial charge < -0.3 is 16.2 Å². The first kappa shape index (κ1) is 22.3. The second-order valence-corrected chi connectivity index (χ2v) is 8.95. The Hall–Kier alpha value is -3.43. The maximum Gasteiger partial charge on any atom is 0.311 e. The Bertz CT molecular complexity index is 1200. The summed E-state index contributed by atoms with van der Waals surface area (Å²) in [6.45, 7) is 0. The van der Waals surface area contributed by atoms with Crippen molar-refractivity contribution in [2.24, 2.45) is 5.73 Å². The van der Waals surface area contributed by atoms with E-state index in [-0.39, 0.29) is 16.4 Å². The van der Waals surface area contributed by atoms with Gasteiger partial charge in [-0.05, 0) is 60.1 Å². The van der Waals surface area contributed by atoms with E-state index in [0.717, 1.165) is 0 Å². The molecule has 0 radical (unpaired) electrons. The van der Waals surface area contributed by atoms with Crippen molar-refractivity contribution in [1.29, 1.82) is 0 Å². The zero-order chi connectivity index (χ0) is 22.4. The molecule has 0 spiro atoms. The molecule has 3 rings (SSSR count). The monoisotopic (exact) mass is 455 g/mol. The van der Waals surface area contributed by atoms with Crippen LogP contribution in [0.2, 0.25) is 0 Å². The minimum atomic E-state index is -3.88. The molecule has 0 aliphatic carbocycles. The third-order valence-electron chi connectivity index (χ3n) is 4.53. The fourth-order valence-corrected chi connectivity index (χ4v) is 4.34. The number of thiocarbonyl (C=S) groups is 1. The van der Waals surface area contributed by atoms with Gasteiger partial charge in [0.15, 0.2) is 5.11 Å². The van der Waals surface area contributed by atoms with Crippen LogP contribution in [-0.4, -0.2) is 24.6 Å². The molecule has 0 bridgehead atoms. The van der Waals surface area contributed by atoms with Gasteiger partial charge in [0.1, 0.15) is 0 Å². The molecule has 0 heterocycles. The molecule has 0 aliphatic heterocycles. The van der Waals surface area contributed by atoms with Gasteiger partial charge >= 0.3 is 5.97 Å². The Kier molecular flexibility index (Phi) is 6.88. The van der Waals surface area contributed by atoms with Crippen LogP contribution in [0.25, 0.3) is 0 Å². The van der Waals surface area contributed by atoms with Crippen molar-refractivity contribution in [3.05, 3.63) is 90.0 Å². The number of sulfonamides is 1. The van der Waals surface area contributed by atoms with Crippen molar-refractivity contribution >= 4 is 44.7 Å². The number of rotatable bonds is 8. The first-order valence-corrected chi connectivity index (χ1v) is 11.2. The lowest BCUT2D eigenvalue weighted by molar-refractivity contribution is -0.138. The molecule has 1 unspecified atom stereocenters. The van der Waals surface area contributed by atoms with Gasteiger partial charge in [0.2, 0.25) is 0 Å². The quantitative estimate of drug-likeness (QED) is 0.383. The van der Waals surface area contributed by atoms with E-state index < -0.39 is 21.9 Å². The lowest BCUT2D eigenvalue weighted by Gasteiger charge is -2.14. The highest BCUT2D eigenvalue weighted by molar-refractivity contribution is 7.92. The first-order valence-electron chi connectivity index (χ1n) is 9.30. The molecule has 3 aromatic carbocycles. The Morgan fingerprint density at radius 2 is 1.65 bits per heavy atom. The molecule has 0 aromatic heterocycles. The topological polar surface area (TPSA) is 122 Å². The van der Waals surface area contributed by atoms with E-state index in [2.05, 4.69) is 10.0 Å². The van der Waals surface area contributed by atoms with Crippen LogP contribution in [0.15, 0.2) is 83.8 Å². The van der Waals surface area contributed by atoms with Crippen molar-refractivity contribution in [2.45, 2.75) is 17.2 Å². The standard InChI is InChI=1S/C22H21N3O4S2/c23-22(30)24-17-9-5-11-19(14-17)31(28,29)25-18-10-4-6-15(12-18)13-20(21(26)27)16-7-2-1-3-8-16/h1-12,14,20,25H,13H2,(H,26,27)(H3,23,24,30). The van der Waals surface area contributed by atoms with Crippen molar-refractivity contribution in [1.82, 2.24) is 0 Å². The Morgan fingerprint density at radius 3 is 2.32 bits per heavy atom. The molecule has 7 nitrogen and oxygen atoms in total. The predicted molar refractivity (Wildman–Crippen MR) is 125 cm³/mol. The number of carboxylic acids is 1. The minimum Gasteiger partial charge on any atom is -0.481 e. The Morgan fingerprint density at radius 1 is 0.968 bits per heavy atom. The van der Waals surface area contributed by atoms with Gasteiger partial charge in [-0.25, -0.2) is 8.42 Å². The summed E-state index contributed by atoms with van der Waals surface area (Å²) in [7, 11) is -3.88. The number of benzene rings is 3. The number of carbonyl (C=O) groups is 1. The van der Waals surface area contributed by atoms with Gasteiger partial charge in [0.05, 0.1) is 10.8 Å². The molecular formula is C22H21N3O4S2. The minimum absolute atomic E-state index is 0.0293. The summed E-state index contributed by atoms with van der Waals surface area (Å²) in [6, 6.07) is 21.7. The average Bonchev–Trinajstić information content (AvgIpc) is 2.72. The second-order valence-electron chi connectivity index (χ2n) is 6.83. The van der Waals surface area contributed by atoms with Crippen LogP contribution < -0.4 is 15.8 Å². The average molecular weight is 456 g/mol. The third-order valence-corrected chi connectivity index (χ3v) is 6.01. The summed E-state index contributed by atoms with van der Waals surface area (Å²) in [5, 5.41) is 12.4. The number of aliphatic carboxylic acids is 1. The third kappa shape index (κ3) is 6.03. The van der Waals surface area contributed by atoms with E-state index >= 15 is 0 Å². The summed E-state index contributed by atoms with van der Waals surface area (Å²) in [6.07, 6.45) is 0.224. The van der Waals surface area contributed by atoms with Gasteiger partial charge in [0.25, 0.3) is 10.0 Å². The first-order chi connectivity index (χ1) is 14.7. The maximum absolute atomic E-state index is 12.8. The molecule has 0 fully saturated rings. The number of carboxylic acid groups (broad SMARTS) is 1. The molecule has 9 heteroatoms. The number of nitrogens with two attached hydrogens (primary N) is 1. The van der Waals surface area contributed by atoms with E-state index in [1.165, 1.54) is 12.1 Å². The highest BCUT2D eigenvalue weighted by Crippen LogP contribution is 2.24. The summed E-state index contributed by atoms with van der Waals surface area (Å²) in [5.41, 5.74) is 7.61. The van der Waals surface area contributed by atoms with E-state index in [0.29, 0.717) is 22.5 Å². The molecule has 1 atom stereocenters. The van der Waals surface area contributed by atoms with Crippen LogP contribution in [0.1, 0.15) is 17.0 Å². The summed E-state index contributed by atoms with van der Waals surface area (Å²) in [5.74, 6) is -1.68. The van der Waals surface area contributed by atoms with E-state index in [1.54, 1.807) is 60.7 Å². The zero-order valence-electron chi connectivity index (χ0n) is 16.4. The Balaban J connectivity index is 1.81. The predicted octanol–water partition coefficient (Wildman–Crippen LogP) is 3.55. The zero-order valence-corrected chi connectivity index (χ0v) is 18.0. The van der Waals surface area contributed by atoms with Gasteiger partial charge in [-0.15, -0.1) is 0 Å². The van der Waals surface area contributed by atoms with Crippen LogP contribution in [0.3, 0.4) is 0 Å². The van der Waals surface area contributed by atoms with E-state index in [4.69, 9.17) is 18.0 Å². The largest absolute Gasteiger partial charge is 0.481 e. The smallest absolute Gasteiger partial charge is 0.311 e. The van der Waals surface area contributed by atoms with Crippen LogP contribution in [0, 0.1) is 0 Å². The fraction of sp³-hybridized carbons (Fsp3) is 0.0909. The molecule has 0 saturated carbocycles. The van der Waals surface area contributed by atoms with Crippen molar-refractivity contribution in [2.75, 3.05) is 10.0 Å². The molecule has 0 amide bonds. The molecule has 0 saturated heterocycles. The Labute approximate surface area is 186 Å². The number of hydrogen-bond donors (Lipinski definition) is 4. The van der Waals surface area contributed by atoms with Crippen molar-refractivity contribution < 1.29 is 18.3 Å². The summed E-state index contributed by atoms with van der Waals surface area (Å²) >= 11 is 4.78. The van der Waals surface area contributed by atoms with Crippen LogP contribution in [0.4, 0.5) is 11.4 Å². The van der Waals surface area contributed by atoms with Crippen LogP contribution >= 0.6 is 12.2 Å². The highest BCUT2D eigenvalue weighted by Gasteiger charge is 2.21. The van der Waals surface area contributed by atoms with Gasteiger partial charge in [-0.1, -0.05) is 48.5 Å². The highest BCUT2D eigenvalue weighted by atomic mass is 32.2. The van der Waals surface area contributed by atoms with Gasteiger partial charge in [0, 0.05) is 11.4 Å². The van der Waals surface area contributed by atoms with Gasteiger partial charge in [-0.3, -0.25) is 9.52 Å². The van der Waals surface area contributed by atoms with E-state index in [9.17, 15) is 18.3 Å². The fourth-order valence-electron chi connectivity index (χ4n) is 3.13. The van der Waals surface area contributed by atoms with Crippen molar-refractivity contribution in [3.63, 3.8) is 0 Å². The molecular weight excluding hydrogens is 434 g/mol. The molecule has 3 aromatic rings. The molecule has 5 N–H and O–H groups in total. The molecule has 160 valence electrons. The maximum atomic E-state index is 12.8. The normalized spacial score (nSPS) is 12.0. The number of anilines is 2. The molecule has 0 aliphatic rings. The second kappa shape index (κ2) is 9.59. The lowest BCUT2D eigenvalue weighted by atomic mass is 9.92. The van der Waals surface area contributed by atoms with Gasteiger partial charge in [-0.2, -0.15) is 0 Å². The summed E-state index contributed by atoms with van der Waals surface area (Å²) in [4.78, 5) is 11.8. The SMILES string of the molecule is NC(=S)Nc1cccc(S(=O)(=O)Nc2cccc(CC(C(=O)O)c3ccccc3)c2)c1. The number of hydrogen-bond acceptors (Lipinski definition) is 4. The lowest BCUT2D eigenvalue weighted by Crippen LogP contribution is -2.19. The van der Waals surface area contributed by atoms with Crippen molar-refractivity contribution in [3.8, 4) is 0 Å². The molecule has 31 heavy (non-hydrogen) atoms.